The Kier molecular flexibility index (Phi) is 4.41. The first-order chi connectivity index (χ1) is 7.77. The van der Waals surface area contributed by atoms with Crippen molar-refractivity contribution >= 4 is 28.6 Å². The van der Waals surface area contributed by atoms with Gasteiger partial charge < -0.3 is 9.84 Å². The Morgan fingerprint density at radius 3 is 2.41 bits per heavy atom. The van der Waals surface area contributed by atoms with Crippen molar-refractivity contribution in [3.05, 3.63) is 26.8 Å². The van der Waals surface area contributed by atoms with E-state index in [1.54, 1.807) is 6.07 Å². The maximum Gasteiger partial charge on any atom is 0.339 e. The van der Waals surface area contributed by atoms with Crippen molar-refractivity contribution in [2.45, 2.75) is 33.1 Å². The number of carbonyl (C=O) groups is 1. The Balaban J connectivity index is 3.41. The first kappa shape index (κ1) is 14.3. The second-order valence-corrected chi connectivity index (χ2v) is 5.99. The molecule has 0 aliphatic heterocycles. The molecule has 0 atom stereocenters. The maximum absolute atomic E-state index is 11.2. The highest BCUT2D eigenvalue weighted by molar-refractivity contribution is 14.1. The van der Waals surface area contributed by atoms with Crippen LogP contribution in [0, 0.1) is 3.57 Å². The van der Waals surface area contributed by atoms with E-state index in [0.717, 1.165) is 9.13 Å². The summed E-state index contributed by atoms with van der Waals surface area (Å²) >= 11 is 2.12. The van der Waals surface area contributed by atoms with Crippen LogP contribution in [0.4, 0.5) is 0 Å². The summed E-state index contributed by atoms with van der Waals surface area (Å²) in [5.41, 5.74) is 1.17. The minimum Gasteiger partial charge on any atom is -0.492 e. The van der Waals surface area contributed by atoms with Gasteiger partial charge in [0.25, 0.3) is 0 Å². The quantitative estimate of drug-likeness (QED) is 0.848. The molecule has 0 fully saturated rings. The molecule has 0 aromatic heterocycles. The molecule has 0 aliphatic rings. The predicted molar refractivity (Wildman–Crippen MR) is 76.0 cm³/mol. The second-order valence-electron chi connectivity index (χ2n) is 4.82. The fraction of sp³-hybridized carbons (Fsp3) is 0.462. The third kappa shape index (κ3) is 3.34. The average Bonchev–Trinajstić information content (AvgIpc) is 2.18. The van der Waals surface area contributed by atoms with Crippen LogP contribution in [-0.4, -0.2) is 17.7 Å². The molecule has 0 aliphatic carbocycles. The molecule has 94 valence electrons. The number of benzene rings is 1. The van der Waals surface area contributed by atoms with E-state index in [-0.39, 0.29) is 11.0 Å². The summed E-state index contributed by atoms with van der Waals surface area (Å²) in [6.45, 7) is 8.49. The molecule has 0 amide bonds. The lowest BCUT2D eigenvalue weighted by Gasteiger charge is -2.21. The molecule has 1 rings (SSSR count). The molecule has 1 aromatic rings. The molecule has 1 aromatic carbocycles. The molecule has 0 spiro atoms. The highest BCUT2D eigenvalue weighted by Gasteiger charge is 2.21. The molecule has 3 nitrogen and oxygen atoms in total. The molecule has 0 saturated carbocycles. The predicted octanol–water partition coefficient (Wildman–Crippen LogP) is 3.69. The van der Waals surface area contributed by atoms with E-state index in [9.17, 15) is 9.90 Å². The Morgan fingerprint density at radius 2 is 2.00 bits per heavy atom. The molecular formula is C13H17IO3. The molecule has 4 heteroatoms. The van der Waals surface area contributed by atoms with Gasteiger partial charge in [-0.05, 0) is 52.6 Å². The third-order valence-electron chi connectivity index (χ3n) is 2.43. The van der Waals surface area contributed by atoms with Crippen LogP contribution < -0.4 is 4.74 Å². The van der Waals surface area contributed by atoms with Gasteiger partial charge in [0.2, 0.25) is 0 Å². The van der Waals surface area contributed by atoms with Crippen molar-refractivity contribution in [3.8, 4) is 5.75 Å². The van der Waals surface area contributed by atoms with Crippen LogP contribution in [-0.2, 0) is 5.41 Å². The fourth-order valence-corrected chi connectivity index (χ4v) is 2.26. The van der Waals surface area contributed by atoms with Crippen LogP contribution in [0.3, 0.4) is 0 Å². The van der Waals surface area contributed by atoms with E-state index in [2.05, 4.69) is 43.4 Å². The summed E-state index contributed by atoms with van der Waals surface area (Å²) in [5.74, 6) is -0.480. The van der Waals surface area contributed by atoms with Crippen LogP contribution in [0.25, 0.3) is 0 Å². The highest BCUT2D eigenvalue weighted by Crippen LogP contribution is 2.32. The van der Waals surface area contributed by atoms with E-state index in [1.807, 2.05) is 13.0 Å². The normalized spacial score (nSPS) is 11.4. The Morgan fingerprint density at radius 1 is 1.41 bits per heavy atom. The molecule has 17 heavy (non-hydrogen) atoms. The van der Waals surface area contributed by atoms with Gasteiger partial charge in [0.05, 0.1) is 10.2 Å². The van der Waals surface area contributed by atoms with Crippen LogP contribution in [0.15, 0.2) is 12.1 Å². The lowest BCUT2D eigenvalue weighted by molar-refractivity contribution is 0.0692. The number of halogens is 1. The van der Waals surface area contributed by atoms with Crippen molar-refractivity contribution in [1.29, 1.82) is 0 Å². The van der Waals surface area contributed by atoms with E-state index in [4.69, 9.17) is 4.74 Å². The minimum atomic E-state index is -0.947. The van der Waals surface area contributed by atoms with Crippen LogP contribution >= 0.6 is 22.6 Å². The van der Waals surface area contributed by atoms with Crippen molar-refractivity contribution < 1.29 is 14.6 Å². The van der Waals surface area contributed by atoms with Crippen molar-refractivity contribution in [2.24, 2.45) is 0 Å². The number of carboxylic acids is 1. The van der Waals surface area contributed by atoms with E-state index in [0.29, 0.717) is 12.4 Å². The summed E-state index contributed by atoms with van der Waals surface area (Å²) in [4.78, 5) is 11.2. The zero-order chi connectivity index (χ0) is 13.2. The number of carboxylic acid groups (broad SMARTS) is 1. The SMILES string of the molecule is CCOc1c(I)cc(C(C)(C)C)cc1C(=O)O. The number of hydrogen-bond donors (Lipinski definition) is 1. The summed E-state index contributed by atoms with van der Waals surface area (Å²) < 4.78 is 6.25. The van der Waals surface area contributed by atoms with Gasteiger partial charge in [0.15, 0.2) is 0 Å². The third-order valence-corrected chi connectivity index (χ3v) is 3.23. The van der Waals surface area contributed by atoms with Crippen molar-refractivity contribution in [3.63, 3.8) is 0 Å². The molecule has 0 saturated heterocycles. The Labute approximate surface area is 115 Å². The molecule has 0 bridgehead atoms. The number of hydrogen-bond acceptors (Lipinski definition) is 2. The summed E-state index contributed by atoms with van der Waals surface area (Å²) in [6, 6.07) is 3.69. The minimum absolute atomic E-state index is 0.0745. The molecule has 0 unspecified atom stereocenters. The summed E-state index contributed by atoms with van der Waals surface area (Å²) in [6.07, 6.45) is 0. The van der Waals surface area contributed by atoms with Crippen molar-refractivity contribution in [1.82, 2.24) is 0 Å². The van der Waals surface area contributed by atoms with Crippen molar-refractivity contribution in [2.75, 3.05) is 6.61 Å². The van der Waals surface area contributed by atoms with Gasteiger partial charge in [0.1, 0.15) is 11.3 Å². The van der Waals surface area contributed by atoms with E-state index in [1.165, 1.54) is 0 Å². The van der Waals surface area contributed by atoms with Gasteiger partial charge in [0, 0.05) is 0 Å². The van der Waals surface area contributed by atoms with E-state index >= 15 is 0 Å². The first-order valence-electron chi connectivity index (χ1n) is 5.47. The van der Waals surface area contributed by atoms with Crippen LogP contribution in [0.1, 0.15) is 43.6 Å². The van der Waals surface area contributed by atoms with Crippen LogP contribution in [0.2, 0.25) is 0 Å². The molecular weight excluding hydrogens is 331 g/mol. The monoisotopic (exact) mass is 348 g/mol. The zero-order valence-electron chi connectivity index (χ0n) is 10.5. The standard InChI is InChI=1S/C13H17IO3/c1-5-17-11-9(12(15)16)6-8(7-10(11)14)13(2,3)4/h6-7H,5H2,1-4H3,(H,15,16). The lowest BCUT2D eigenvalue weighted by Crippen LogP contribution is -2.14. The molecule has 0 radical (unpaired) electrons. The van der Waals surface area contributed by atoms with Crippen LogP contribution in [0.5, 0.6) is 5.75 Å². The lowest BCUT2D eigenvalue weighted by atomic mass is 9.86. The smallest absolute Gasteiger partial charge is 0.339 e. The van der Waals surface area contributed by atoms with Gasteiger partial charge in [-0.1, -0.05) is 20.8 Å². The summed E-state index contributed by atoms with van der Waals surface area (Å²) in [7, 11) is 0. The number of rotatable bonds is 3. The van der Waals surface area contributed by atoms with Gasteiger partial charge in [-0.25, -0.2) is 4.79 Å². The maximum atomic E-state index is 11.2. The Bertz CT molecular complexity index is 433. The fourth-order valence-electron chi connectivity index (χ4n) is 1.48. The topological polar surface area (TPSA) is 46.5 Å². The second kappa shape index (κ2) is 5.25. The largest absolute Gasteiger partial charge is 0.492 e. The van der Waals surface area contributed by atoms with Gasteiger partial charge in [-0.2, -0.15) is 0 Å². The Hall–Kier alpha value is -0.780. The van der Waals surface area contributed by atoms with E-state index < -0.39 is 5.97 Å². The van der Waals surface area contributed by atoms with Gasteiger partial charge >= 0.3 is 5.97 Å². The molecule has 0 heterocycles. The van der Waals surface area contributed by atoms with Gasteiger partial charge in [-0.3, -0.25) is 0 Å². The highest BCUT2D eigenvalue weighted by atomic mass is 127. The average molecular weight is 348 g/mol. The number of ether oxygens (including phenoxy) is 1. The zero-order valence-corrected chi connectivity index (χ0v) is 12.7. The summed E-state index contributed by atoms with van der Waals surface area (Å²) in [5, 5.41) is 9.22. The first-order valence-corrected chi connectivity index (χ1v) is 6.55. The molecule has 1 N–H and O–H groups in total. The van der Waals surface area contributed by atoms with Gasteiger partial charge in [-0.15, -0.1) is 0 Å². The number of aromatic carboxylic acids is 1.